The van der Waals surface area contributed by atoms with Crippen molar-refractivity contribution >= 4 is 24.1 Å². The second-order valence-electron chi connectivity index (χ2n) is 6.86. The van der Waals surface area contributed by atoms with Crippen molar-refractivity contribution in [3.05, 3.63) is 76.8 Å². The molecule has 4 rings (SSSR count). The van der Waals surface area contributed by atoms with Gasteiger partial charge in [0.1, 0.15) is 23.9 Å². The van der Waals surface area contributed by atoms with E-state index in [4.69, 9.17) is 41.4 Å². The molecule has 8 nitrogen and oxygen atoms in total. The summed E-state index contributed by atoms with van der Waals surface area (Å²) in [6, 6.07) is 11.9. The minimum absolute atomic E-state index is 0.0517. The summed E-state index contributed by atoms with van der Waals surface area (Å²) in [4.78, 5) is 17.0. The molecule has 1 aliphatic heterocycles. The van der Waals surface area contributed by atoms with Crippen LogP contribution in [0.4, 0.5) is 4.39 Å². The number of carboxylic acid groups (broad SMARTS) is 1. The zero-order valence-electron chi connectivity index (χ0n) is 17.8. The normalized spacial score (nSPS) is 16.7. The molecular formula is C23H21ClFN3O5. The summed E-state index contributed by atoms with van der Waals surface area (Å²) >= 11 is 6.35. The highest BCUT2D eigenvalue weighted by Crippen LogP contribution is 2.41. The Labute approximate surface area is 194 Å². The molecule has 1 aromatic heterocycles. The van der Waals surface area contributed by atoms with Gasteiger partial charge in [-0.3, -0.25) is 9.78 Å². The minimum Gasteiger partial charge on any atom is -0.495 e. The Morgan fingerprint density at radius 3 is 2.45 bits per heavy atom. The molecule has 2 aromatic carbocycles. The van der Waals surface area contributed by atoms with Gasteiger partial charge in [-0.1, -0.05) is 23.7 Å². The zero-order chi connectivity index (χ0) is 24.0. The van der Waals surface area contributed by atoms with Gasteiger partial charge in [-0.2, -0.15) is 0 Å². The summed E-state index contributed by atoms with van der Waals surface area (Å²) in [6.07, 6.45) is 3.13. The van der Waals surface area contributed by atoms with Crippen molar-refractivity contribution in [2.45, 2.75) is 5.54 Å². The van der Waals surface area contributed by atoms with Crippen LogP contribution in [0.3, 0.4) is 0 Å². The van der Waals surface area contributed by atoms with E-state index in [0.29, 0.717) is 33.2 Å². The lowest BCUT2D eigenvalue weighted by Gasteiger charge is -2.26. The molecule has 1 aliphatic rings. The zero-order valence-corrected chi connectivity index (χ0v) is 18.5. The fourth-order valence-corrected chi connectivity index (χ4v) is 3.76. The highest BCUT2D eigenvalue weighted by atomic mass is 35.5. The maximum Gasteiger partial charge on any atom is 0.290 e. The van der Waals surface area contributed by atoms with Gasteiger partial charge in [0.15, 0.2) is 5.54 Å². The molecule has 0 bridgehead atoms. The summed E-state index contributed by atoms with van der Waals surface area (Å²) < 4.78 is 30.7. The largest absolute Gasteiger partial charge is 0.495 e. The SMILES string of the molecule is COc1cncc(-c2cc(C3(c4ccc(OC)c(Cl)c4)COC(N)=N3)ccc2F)c1.O=CO. The molecule has 0 amide bonds. The van der Waals surface area contributed by atoms with Crippen LogP contribution in [-0.4, -0.2) is 43.4 Å². The van der Waals surface area contributed by atoms with E-state index in [-0.39, 0.29) is 19.1 Å². The number of nitrogens with two attached hydrogens (primary N) is 1. The Hall–Kier alpha value is -3.85. The first-order chi connectivity index (χ1) is 15.9. The number of aromatic nitrogens is 1. The first-order valence-electron chi connectivity index (χ1n) is 9.58. The summed E-state index contributed by atoms with van der Waals surface area (Å²) in [5.41, 5.74) is 7.27. The van der Waals surface area contributed by atoms with Gasteiger partial charge in [-0.05, 0) is 41.5 Å². The van der Waals surface area contributed by atoms with Crippen molar-refractivity contribution in [1.29, 1.82) is 0 Å². The van der Waals surface area contributed by atoms with Crippen LogP contribution in [0.1, 0.15) is 11.1 Å². The smallest absolute Gasteiger partial charge is 0.290 e. The molecule has 172 valence electrons. The monoisotopic (exact) mass is 473 g/mol. The van der Waals surface area contributed by atoms with Gasteiger partial charge in [-0.15, -0.1) is 0 Å². The quantitative estimate of drug-likeness (QED) is 0.540. The number of amidine groups is 1. The van der Waals surface area contributed by atoms with Gasteiger partial charge < -0.3 is 25.1 Å². The fraction of sp³-hybridized carbons (Fsp3) is 0.174. The third kappa shape index (κ3) is 4.83. The molecule has 1 unspecified atom stereocenters. The molecule has 0 radical (unpaired) electrons. The number of carbonyl (C=O) groups is 1. The lowest BCUT2D eigenvalue weighted by atomic mass is 9.83. The lowest BCUT2D eigenvalue weighted by molar-refractivity contribution is -0.122. The topological polar surface area (TPSA) is 116 Å². The Kier molecular flexibility index (Phi) is 7.34. The summed E-state index contributed by atoms with van der Waals surface area (Å²) in [5, 5.41) is 7.31. The predicted molar refractivity (Wildman–Crippen MR) is 121 cm³/mol. The second-order valence-corrected chi connectivity index (χ2v) is 7.27. The van der Waals surface area contributed by atoms with Gasteiger partial charge in [0, 0.05) is 17.3 Å². The summed E-state index contributed by atoms with van der Waals surface area (Å²) in [6.45, 7) is -0.0943. The minimum atomic E-state index is -0.977. The molecule has 3 aromatic rings. The van der Waals surface area contributed by atoms with Crippen molar-refractivity contribution in [1.82, 2.24) is 4.98 Å². The number of pyridine rings is 1. The molecule has 0 spiro atoms. The van der Waals surface area contributed by atoms with Crippen molar-refractivity contribution in [3.8, 4) is 22.6 Å². The van der Waals surface area contributed by atoms with Crippen LogP contribution < -0.4 is 15.2 Å². The van der Waals surface area contributed by atoms with Crippen molar-refractivity contribution in [3.63, 3.8) is 0 Å². The van der Waals surface area contributed by atoms with Crippen LogP contribution in [0.5, 0.6) is 11.5 Å². The number of hydrogen-bond donors (Lipinski definition) is 2. The van der Waals surface area contributed by atoms with E-state index in [2.05, 4.69) is 9.98 Å². The molecule has 2 heterocycles. The number of benzene rings is 2. The fourth-order valence-electron chi connectivity index (χ4n) is 3.50. The number of ether oxygens (including phenoxy) is 3. The predicted octanol–water partition coefficient (Wildman–Crippen LogP) is 3.85. The van der Waals surface area contributed by atoms with E-state index in [1.807, 2.05) is 6.07 Å². The Morgan fingerprint density at radius 2 is 1.85 bits per heavy atom. The maximum absolute atomic E-state index is 14.7. The van der Waals surface area contributed by atoms with Crippen LogP contribution in [0.2, 0.25) is 5.02 Å². The van der Waals surface area contributed by atoms with Gasteiger partial charge >= 0.3 is 0 Å². The average molecular weight is 474 g/mol. The molecule has 0 fully saturated rings. The van der Waals surface area contributed by atoms with E-state index in [9.17, 15) is 4.39 Å². The van der Waals surface area contributed by atoms with Crippen LogP contribution in [0.15, 0.2) is 59.9 Å². The first-order valence-corrected chi connectivity index (χ1v) is 9.95. The van der Waals surface area contributed by atoms with E-state index < -0.39 is 11.4 Å². The Balaban J connectivity index is 0.000000968. The molecular weight excluding hydrogens is 453 g/mol. The Bertz CT molecular complexity index is 1190. The average Bonchev–Trinajstić information content (AvgIpc) is 3.22. The van der Waals surface area contributed by atoms with E-state index >= 15 is 0 Å². The van der Waals surface area contributed by atoms with Gasteiger partial charge in [0.05, 0.1) is 25.4 Å². The lowest BCUT2D eigenvalue weighted by Crippen LogP contribution is -2.27. The van der Waals surface area contributed by atoms with Crippen LogP contribution in [-0.2, 0) is 15.1 Å². The molecule has 1 atom stereocenters. The van der Waals surface area contributed by atoms with Crippen molar-refractivity contribution in [2.24, 2.45) is 10.7 Å². The number of methoxy groups -OCH3 is 2. The number of hydrogen-bond acceptors (Lipinski definition) is 7. The van der Waals surface area contributed by atoms with E-state index in [1.165, 1.54) is 13.2 Å². The molecule has 10 heteroatoms. The number of halogens is 2. The van der Waals surface area contributed by atoms with Crippen molar-refractivity contribution in [2.75, 3.05) is 20.8 Å². The standard InChI is InChI=1S/C22H19ClFN3O3.CH2O2/c1-28-16-7-13(10-26-11-16)17-8-14(3-5-19(17)24)22(12-30-21(25)27-22)15-4-6-20(29-2)18(23)9-15;2-1-3/h3-11H,12H2,1-2H3,(H2,25,27);1H,(H,2,3). The molecule has 0 saturated heterocycles. The number of aliphatic imine (C=N–C) groups is 1. The summed E-state index contributed by atoms with van der Waals surface area (Å²) in [7, 11) is 3.07. The molecule has 33 heavy (non-hydrogen) atoms. The highest BCUT2D eigenvalue weighted by molar-refractivity contribution is 6.32. The number of rotatable bonds is 5. The molecule has 0 saturated carbocycles. The van der Waals surface area contributed by atoms with Crippen LogP contribution >= 0.6 is 11.6 Å². The van der Waals surface area contributed by atoms with E-state index in [1.54, 1.807) is 49.8 Å². The highest BCUT2D eigenvalue weighted by Gasteiger charge is 2.41. The third-order valence-electron chi connectivity index (χ3n) is 5.06. The van der Waals surface area contributed by atoms with Crippen molar-refractivity contribution < 1.29 is 28.5 Å². The molecule has 0 aliphatic carbocycles. The van der Waals surface area contributed by atoms with E-state index in [0.717, 1.165) is 5.56 Å². The second kappa shape index (κ2) is 10.2. The molecule has 3 N–H and O–H groups in total. The maximum atomic E-state index is 14.7. The first kappa shape index (κ1) is 23.8. The van der Waals surface area contributed by atoms with Crippen LogP contribution in [0, 0.1) is 5.82 Å². The number of nitrogens with zero attached hydrogens (tertiary/aromatic N) is 2. The van der Waals surface area contributed by atoms with Gasteiger partial charge in [0.2, 0.25) is 0 Å². The van der Waals surface area contributed by atoms with Gasteiger partial charge in [0.25, 0.3) is 12.5 Å². The van der Waals surface area contributed by atoms with Crippen LogP contribution in [0.25, 0.3) is 11.1 Å². The Morgan fingerprint density at radius 1 is 1.15 bits per heavy atom. The van der Waals surface area contributed by atoms with Gasteiger partial charge in [-0.25, -0.2) is 9.38 Å². The summed E-state index contributed by atoms with van der Waals surface area (Å²) in [5.74, 6) is 0.668. The third-order valence-corrected chi connectivity index (χ3v) is 5.36.